The van der Waals surface area contributed by atoms with Crippen LogP contribution in [-0.2, 0) is 0 Å². The summed E-state index contributed by atoms with van der Waals surface area (Å²) in [5, 5.41) is 4.25. The number of hydrogen-bond acceptors (Lipinski definition) is 3. The molecule has 3 nitrogen and oxygen atoms in total. The summed E-state index contributed by atoms with van der Waals surface area (Å²) in [4.78, 5) is 2.54. The smallest absolute Gasteiger partial charge is 0.119 e. The minimum Gasteiger partial charge on any atom is -0.494 e. The molecule has 1 atom stereocenters. The fourth-order valence-corrected chi connectivity index (χ4v) is 2.96. The van der Waals surface area contributed by atoms with Gasteiger partial charge in [-0.25, -0.2) is 0 Å². The van der Waals surface area contributed by atoms with E-state index in [1.807, 2.05) is 24.3 Å². The molecule has 0 amide bonds. The van der Waals surface area contributed by atoms with Gasteiger partial charge in [-0.3, -0.25) is 0 Å². The second-order valence-electron chi connectivity index (χ2n) is 5.76. The van der Waals surface area contributed by atoms with Gasteiger partial charge in [-0.15, -0.1) is 0 Å². The first-order valence-corrected chi connectivity index (χ1v) is 8.47. The molecule has 1 N–H and O–H groups in total. The number of nitrogens with one attached hydrogen (secondary N) is 1. The molecule has 2 rings (SSSR count). The highest BCUT2D eigenvalue weighted by molar-refractivity contribution is 6.30. The molecule has 0 saturated carbocycles. The van der Waals surface area contributed by atoms with E-state index in [1.165, 1.54) is 32.5 Å². The summed E-state index contributed by atoms with van der Waals surface area (Å²) in [5.74, 6) is 1.72. The number of hydrogen-bond donors (Lipinski definition) is 1. The highest BCUT2D eigenvalue weighted by atomic mass is 35.5. The minimum atomic E-state index is 0.751. The lowest BCUT2D eigenvalue weighted by Gasteiger charge is -2.29. The van der Waals surface area contributed by atoms with E-state index in [0.29, 0.717) is 0 Å². The summed E-state index contributed by atoms with van der Waals surface area (Å²) in [6.07, 6.45) is 3.75. The molecule has 1 saturated heterocycles. The zero-order valence-corrected chi connectivity index (χ0v) is 13.7. The predicted molar refractivity (Wildman–Crippen MR) is 89.3 cm³/mol. The SMILES string of the molecule is CCN(CCCOc1ccc(Cl)cc1)CC1CCCNC1. The molecule has 118 valence electrons. The van der Waals surface area contributed by atoms with Crippen LogP contribution in [0.2, 0.25) is 5.02 Å². The lowest BCUT2D eigenvalue weighted by atomic mass is 9.99. The van der Waals surface area contributed by atoms with Crippen LogP contribution in [0.15, 0.2) is 24.3 Å². The van der Waals surface area contributed by atoms with Crippen molar-refractivity contribution in [1.82, 2.24) is 10.2 Å². The van der Waals surface area contributed by atoms with E-state index in [-0.39, 0.29) is 0 Å². The van der Waals surface area contributed by atoms with E-state index in [1.54, 1.807) is 0 Å². The van der Waals surface area contributed by atoms with Crippen molar-refractivity contribution >= 4 is 11.6 Å². The van der Waals surface area contributed by atoms with Gasteiger partial charge in [0.15, 0.2) is 0 Å². The van der Waals surface area contributed by atoms with E-state index < -0.39 is 0 Å². The van der Waals surface area contributed by atoms with Crippen molar-refractivity contribution in [2.24, 2.45) is 5.92 Å². The summed E-state index contributed by atoms with van der Waals surface area (Å²) in [6.45, 7) is 8.83. The van der Waals surface area contributed by atoms with Crippen LogP contribution in [0.3, 0.4) is 0 Å². The molecule has 1 heterocycles. The molecule has 1 aliphatic rings. The third kappa shape index (κ3) is 6.25. The monoisotopic (exact) mass is 310 g/mol. The molecule has 4 heteroatoms. The minimum absolute atomic E-state index is 0.751. The zero-order valence-electron chi connectivity index (χ0n) is 13.0. The van der Waals surface area contributed by atoms with Gasteiger partial charge in [-0.05, 0) is 69.1 Å². The first kappa shape index (κ1) is 16.6. The Morgan fingerprint density at radius 3 is 2.81 bits per heavy atom. The average Bonchev–Trinajstić information content (AvgIpc) is 2.53. The molecule has 1 unspecified atom stereocenters. The summed E-state index contributed by atoms with van der Waals surface area (Å²) in [6, 6.07) is 7.58. The Kier molecular flexibility index (Phi) is 7.34. The van der Waals surface area contributed by atoms with E-state index in [0.717, 1.165) is 42.8 Å². The Morgan fingerprint density at radius 1 is 1.33 bits per heavy atom. The molecule has 1 aromatic rings. The van der Waals surface area contributed by atoms with Crippen molar-refractivity contribution in [2.75, 3.05) is 39.3 Å². The number of benzene rings is 1. The summed E-state index contributed by atoms with van der Waals surface area (Å²) in [7, 11) is 0. The Balaban J connectivity index is 1.62. The molecule has 1 aromatic carbocycles. The van der Waals surface area contributed by atoms with Crippen molar-refractivity contribution < 1.29 is 4.74 Å². The first-order valence-electron chi connectivity index (χ1n) is 8.09. The fraction of sp³-hybridized carbons (Fsp3) is 0.647. The van der Waals surface area contributed by atoms with Crippen LogP contribution in [0.4, 0.5) is 0 Å². The Morgan fingerprint density at radius 2 is 2.14 bits per heavy atom. The Bertz CT molecular complexity index is 390. The normalized spacial score (nSPS) is 18.9. The van der Waals surface area contributed by atoms with Gasteiger partial charge in [0.25, 0.3) is 0 Å². The molecule has 1 fully saturated rings. The van der Waals surface area contributed by atoms with Crippen LogP contribution in [-0.4, -0.2) is 44.2 Å². The van der Waals surface area contributed by atoms with Gasteiger partial charge in [0, 0.05) is 18.1 Å². The lowest BCUT2D eigenvalue weighted by Crippen LogP contribution is -2.38. The second-order valence-corrected chi connectivity index (χ2v) is 6.20. The highest BCUT2D eigenvalue weighted by Gasteiger charge is 2.15. The third-order valence-electron chi connectivity index (χ3n) is 4.06. The Labute approximate surface area is 133 Å². The molecule has 0 spiro atoms. The average molecular weight is 311 g/mol. The van der Waals surface area contributed by atoms with Crippen LogP contribution < -0.4 is 10.1 Å². The molecule has 0 bridgehead atoms. The van der Waals surface area contributed by atoms with E-state index in [2.05, 4.69) is 17.1 Å². The van der Waals surface area contributed by atoms with Crippen LogP contribution in [0.25, 0.3) is 0 Å². The molecule has 0 aromatic heterocycles. The van der Waals surface area contributed by atoms with Crippen LogP contribution in [0, 0.1) is 5.92 Å². The summed E-state index contributed by atoms with van der Waals surface area (Å²) in [5.41, 5.74) is 0. The van der Waals surface area contributed by atoms with Crippen molar-refractivity contribution in [3.05, 3.63) is 29.3 Å². The quantitative estimate of drug-likeness (QED) is 0.745. The van der Waals surface area contributed by atoms with Gasteiger partial charge in [0.05, 0.1) is 6.61 Å². The maximum atomic E-state index is 5.86. The Hall–Kier alpha value is -0.770. The highest BCUT2D eigenvalue weighted by Crippen LogP contribution is 2.16. The number of ether oxygens (including phenoxy) is 1. The molecular formula is C17H27ClN2O. The predicted octanol–water partition coefficient (Wildman–Crippen LogP) is 3.43. The maximum absolute atomic E-state index is 5.86. The zero-order chi connectivity index (χ0) is 14.9. The van der Waals surface area contributed by atoms with Gasteiger partial charge in [0.1, 0.15) is 5.75 Å². The lowest BCUT2D eigenvalue weighted by molar-refractivity contribution is 0.198. The number of halogens is 1. The van der Waals surface area contributed by atoms with Crippen LogP contribution in [0.1, 0.15) is 26.2 Å². The van der Waals surface area contributed by atoms with Gasteiger partial charge in [-0.2, -0.15) is 0 Å². The molecule has 1 aliphatic heterocycles. The van der Waals surface area contributed by atoms with Crippen molar-refractivity contribution in [1.29, 1.82) is 0 Å². The van der Waals surface area contributed by atoms with Crippen molar-refractivity contribution in [2.45, 2.75) is 26.2 Å². The summed E-state index contributed by atoms with van der Waals surface area (Å²) >= 11 is 5.86. The molecule has 21 heavy (non-hydrogen) atoms. The number of rotatable bonds is 8. The van der Waals surface area contributed by atoms with Crippen molar-refractivity contribution in [3.8, 4) is 5.75 Å². The van der Waals surface area contributed by atoms with Gasteiger partial charge in [-0.1, -0.05) is 18.5 Å². The van der Waals surface area contributed by atoms with Gasteiger partial charge in [0.2, 0.25) is 0 Å². The van der Waals surface area contributed by atoms with Crippen LogP contribution >= 0.6 is 11.6 Å². The van der Waals surface area contributed by atoms with E-state index >= 15 is 0 Å². The molecule has 0 aliphatic carbocycles. The number of nitrogens with zero attached hydrogens (tertiary/aromatic N) is 1. The fourth-order valence-electron chi connectivity index (χ4n) is 2.83. The molecular weight excluding hydrogens is 284 g/mol. The van der Waals surface area contributed by atoms with Crippen LogP contribution in [0.5, 0.6) is 5.75 Å². The first-order chi connectivity index (χ1) is 10.3. The molecule has 0 radical (unpaired) electrons. The van der Waals surface area contributed by atoms with E-state index in [4.69, 9.17) is 16.3 Å². The number of piperidine rings is 1. The van der Waals surface area contributed by atoms with Crippen molar-refractivity contribution in [3.63, 3.8) is 0 Å². The van der Waals surface area contributed by atoms with E-state index in [9.17, 15) is 0 Å². The largest absolute Gasteiger partial charge is 0.494 e. The standard InChI is InChI=1S/C17H27ClN2O/c1-2-20(14-15-5-3-10-19-13-15)11-4-12-21-17-8-6-16(18)7-9-17/h6-9,15,19H,2-5,10-14H2,1H3. The topological polar surface area (TPSA) is 24.5 Å². The third-order valence-corrected chi connectivity index (χ3v) is 4.32. The summed E-state index contributed by atoms with van der Waals surface area (Å²) < 4.78 is 5.75. The van der Waals surface area contributed by atoms with Gasteiger partial charge >= 0.3 is 0 Å². The van der Waals surface area contributed by atoms with Gasteiger partial charge < -0.3 is 15.0 Å². The second kappa shape index (κ2) is 9.29. The maximum Gasteiger partial charge on any atom is 0.119 e.